The number of likely N-dealkylation sites (tertiary alicyclic amines) is 1. The Morgan fingerprint density at radius 2 is 1.75 bits per heavy atom. The van der Waals surface area contributed by atoms with Gasteiger partial charge < -0.3 is 4.90 Å². The summed E-state index contributed by atoms with van der Waals surface area (Å²) in [7, 11) is 0. The van der Waals surface area contributed by atoms with Crippen molar-refractivity contribution >= 4 is 11.9 Å². The van der Waals surface area contributed by atoms with Crippen LogP contribution in [-0.2, 0) is 5.41 Å². The van der Waals surface area contributed by atoms with Crippen LogP contribution in [0.25, 0.3) is 0 Å². The van der Waals surface area contributed by atoms with Gasteiger partial charge in [0.2, 0.25) is 0 Å². The first-order valence-electron chi connectivity index (χ1n) is 8.26. The Labute approximate surface area is 121 Å². The van der Waals surface area contributed by atoms with E-state index in [0.29, 0.717) is 0 Å². The van der Waals surface area contributed by atoms with Crippen molar-refractivity contribution in [1.29, 1.82) is 0 Å². The van der Waals surface area contributed by atoms with Crippen LogP contribution in [0, 0.1) is 0 Å². The van der Waals surface area contributed by atoms with Crippen LogP contribution in [0.4, 0.5) is 5.69 Å². The molecule has 0 bridgehead atoms. The molecular formula is C18H24N2. The van der Waals surface area contributed by atoms with Crippen LogP contribution in [0.2, 0.25) is 0 Å². The zero-order valence-electron chi connectivity index (χ0n) is 12.2. The smallest absolute Gasteiger partial charge is 0.0667 e. The molecule has 1 spiro atoms. The van der Waals surface area contributed by atoms with Gasteiger partial charge in [0.15, 0.2) is 0 Å². The molecule has 2 aliphatic heterocycles. The van der Waals surface area contributed by atoms with E-state index in [2.05, 4.69) is 40.4 Å². The first kappa shape index (κ1) is 12.6. The zero-order valence-corrected chi connectivity index (χ0v) is 12.2. The van der Waals surface area contributed by atoms with Gasteiger partial charge in [-0.2, -0.15) is 0 Å². The summed E-state index contributed by atoms with van der Waals surface area (Å²) in [5, 5.41) is 0. The number of piperidine rings is 1. The molecule has 0 radical (unpaired) electrons. The lowest BCUT2D eigenvalue weighted by Crippen LogP contribution is -2.47. The van der Waals surface area contributed by atoms with Gasteiger partial charge in [0.25, 0.3) is 0 Å². The molecule has 2 fully saturated rings. The van der Waals surface area contributed by atoms with Crippen molar-refractivity contribution in [2.75, 3.05) is 13.1 Å². The molecule has 2 nitrogen and oxygen atoms in total. The van der Waals surface area contributed by atoms with E-state index in [9.17, 15) is 0 Å². The molecular weight excluding hydrogens is 244 g/mol. The fourth-order valence-electron chi connectivity index (χ4n) is 4.40. The molecule has 2 heterocycles. The van der Waals surface area contributed by atoms with E-state index in [1.165, 1.54) is 69.3 Å². The lowest BCUT2D eigenvalue weighted by Gasteiger charge is -2.43. The summed E-state index contributed by atoms with van der Waals surface area (Å²) >= 11 is 0. The van der Waals surface area contributed by atoms with E-state index in [-0.39, 0.29) is 5.41 Å². The number of fused-ring (bicyclic) bond motifs is 2. The van der Waals surface area contributed by atoms with Crippen LogP contribution in [0.1, 0.15) is 50.5 Å². The Bertz CT molecular complexity index is 506. The van der Waals surface area contributed by atoms with Gasteiger partial charge in [-0.3, -0.25) is 4.99 Å². The van der Waals surface area contributed by atoms with Crippen LogP contribution in [0.15, 0.2) is 29.3 Å². The van der Waals surface area contributed by atoms with Crippen molar-refractivity contribution in [3.63, 3.8) is 0 Å². The highest BCUT2D eigenvalue weighted by atomic mass is 15.2. The maximum Gasteiger partial charge on any atom is 0.0667 e. The molecule has 3 aliphatic rings. The summed E-state index contributed by atoms with van der Waals surface area (Å²) in [5.41, 5.74) is 2.93. The number of nitrogens with zero attached hydrogens (tertiary/aromatic N) is 2. The Hall–Kier alpha value is -1.15. The molecule has 0 unspecified atom stereocenters. The molecule has 0 amide bonds. The summed E-state index contributed by atoms with van der Waals surface area (Å²) in [4.78, 5) is 7.43. The van der Waals surface area contributed by atoms with Crippen molar-refractivity contribution in [2.45, 2.75) is 56.4 Å². The van der Waals surface area contributed by atoms with Gasteiger partial charge in [0.1, 0.15) is 0 Å². The minimum Gasteiger partial charge on any atom is -0.300 e. The number of benzene rings is 1. The van der Waals surface area contributed by atoms with Gasteiger partial charge in [-0.05, 0) is 50.4 Å². The van der Waals surface area contributed by atoms with Crippen LogP contribution in [0.5, 0.6) is 0 Å². The molecule has 1 aromatic rings. The number of hydrogen-bond acceptors (Lipinski definition) is 2. The van der Waals surface area contributed by atoms with Gasteiger partial charge in [0.05, 0.1) is 5.69 Å². The molecule has 0 N–H and O–H groups in total. The number of hydrogen-bond donors (Lipinski definition) is 0. The molecule has 4 rings (SSSR count). The van der Waals surface area contributed by atoms with Crippen LogP contribution in [-0.4, -0.2) is 30.2 Å². The van der Waals surface area contributed by atoms with Gasteiger partial charge >= 0.3 is 0 Å². The van der Waals surface area contributed by atoms with Gasteiger partial charge in [-0.1, -0.05) is 37.5 Å². The van der Waals surface area contributed by atoms with Gasteiger partial charge in [-0.15, -0.1) is 0 Å². The lowest BCUT2D eigenvalue weighted by molar-refractivity contribution is 0.112. The molecule has 1 saturated carbocycles. The highest BCUT2D eigenvalue weighted by molar-refractivity contribution is 5.85. The SMILES string of the molecule is C1=Nc2ccccc2C12CCN(C1CCCCC1)CC2. The standard InChI is InChI=1S/C18H24N2/c1-2-6-15(7-3-1)20-12-10-18(11-13-20)14-19-17-9-5-4-8-16(17)18/h4-5,8-9,14-15H,1-3,6-7,10-13H2. The Morgan fingerprint density at radius 3 is 2.55 bits per heavy atom. The molecule has 1 aliphatic carbocycles. The largest absolute Gasteiger partial charge is 0.300 e. The maximum absolute atomic E-state index is 4.67. The van der Waals surface area contributed by atoms with E-state index in [1.54, 1.807) is 0 Å². The Kier molecular flexibility index (Phi) is 3.14. The molecule has 1 saturated heterocycles. The predicted octanol–water partition coefficient (Wildman–Crippen LogP) is 4.07. The topological polar surface area (TPSA) is 15.6 Å². The molecule has 20 heavy (non-hydrogen) atoms. The highest BCUT2D eigenvalue weighted by Gasteiger charge is 2.40. The summed E-state index contributed by atoms with van der Waals surface area (Å²) in [6.07, 6.45) is 11.9. The summed E-state index contributed by atoms with van der Waals surface area (Å²) in [5.74, 6) is 0. The third kappa shape index (κ3) is 2.01. The van der Waals surface area contributed by atoms with Crippen molar-refractivity contribution < 1.29 is 0 Å². The second-order valence-electron chi connectivity index (χ2n) is 6.76. The Balaban J connectivity index is 1.49. The molecule has 2 heteroatoms. The van der Waals surface area contributed by atoms with Gasteiger partial charge in [-0.25, -0.2) is 0 Å². The highest BCUT2D eigenvalue weighted by Crippen LogP contribution is 2.44. The lowest BCUT2D eigenvalue weighted by atomic mass is 9.74. The first-order chi connectivity index (χ1) is 9.87. The second kappa shape index (κ2) is 5.00. The third-order valence-electron chi connectivity index (χ3n) is 5.67. The normalized spacial score (nSPS) is 26.0. The van der Waals surface area contributed by atoms with Gasteiger partial charge in [0, 0.05) is 17.7 Å². The predicted molar refractivity (Wildman–Crippen MR) is 84.0 cm³/mol. The summed E-state index contributed by atoms with van der Waals surface area (Å²) in [6, 6.07) is 9.59. The fraction of sp³-hybridized carbons (Fsp3) is 0.611. The van der Waals surface area contributed by atoms with Crippen molar-refractivity contribution in [1.82, 2.24) is 4.90 Å². The second-order valence-corrected chi connectivity index (χ2v) is 6.76. The maximum atomic E-state index is 4.67. The fourth-order valence-corrected chi connectivity index (χ4v) is 4.40. The van der Waals surface area contributed by atoms with Crippen LogP contribution in [0.3, 0.4) is 0 Å². The van der Waals surface area contributed by atoms with Crippen molar-refractivity contribution in [3.8, 4) is 0 Å². The van der Waals surface area contributed by atoms with E-state index in [4.69, 9.17) is 0 Å². The third-order valence-corrected chi connectivity index (χ3v) is 5.67. The average molecular weight is 268 g/mol. The molecule has 0 atom stereocenters. The molecule has 1 aromatic carbocycles. The number of para-hydroxylation sites is 1. The summed E-state index contributed by atoms with van der Waals surface area (Å²) in [6.45, 7) is 2.51. The minimum absolute atomic E-state index is 0.252. The number of aliphatic imine (C=N–C) groups is 1. The quantitative estimate of drug-likeness (QED) is 0.749. The monoisotopic (exact) mass is 268 g/mol. The molecule has 106 valence electrons. The summed E-state index contributed by atoms with van der Waals surface area (Å²) < 4.78 is 0. The van der Waals surface area contributed by atoms with Crippen LogP contribution < -0.4 is 0 Å². The van der Waals surface area contributed by atoms with E-state index in [0.717, 1.165) is 6.04 Å². The van der Waals surface area contributed by atoms with Crippen molar-refractivity contribution in [2.24, 2.45) is 4.99 Å². The Morgan fingerprint density at radius 1 is 1.00 bits per heavy atom. The number of rotatable bonds is 1. The first-order valence-corrected chi connectivity index (χ1v) is 8.26. The average Bonchev–Trinajstić information content (AvgIpc) is 2.88. The zero-order chi connectivity index (χ0) is 13.4. The molecule has 0 aromatic heterocycles. The van der Waals surface area contributed by atoms with Crippen molar-refractivity contribution in [3.05, 3.63) is 29.8 Å². The van der Waals surface area contributed by atoms with E-state index < -0.39 is 0 Å². The van der Waals surface area contributed by atoms with E-state index in [1.807, 2.05) is 0 Å². The minimum atomic E-state index is 0.252. The van der Waals surface area contributed by atoms with Crippen LogP contribution >= 0.6 is 0 Å². The van der Waals surface area contributed by atoms with E-state index >= 15 is 0 Å².